The average molecular weight is 235 g/mol. The van der Waals surface area contributed by atoms with Crippen molar-refractivity contribution >= 4 is 11.8 Å². The van der Waals surface area contributed by atoms with E-state index in [1.807, 2.05) is 32.9 Å². The van der Waals surface area contributed by atoms with E-state index in [4.69, 9.17) is 0 Å². The zero-order valence-electron chi connectivity index (χ0n) is 11.2. The van der Waals surface area contributed by atoms with Crippen LogP contribution in [-0.2, 0) is 0 Å². The van der Waals surface area contributed by atoms with Crippen LogP contribution in [-0.4, -0.2) is 17.2 Å². The van der Waals surface area contributed by atoms with Gasteiger partial charge in [0.15, 0.2) is 0 Å². The molecule has 0 bridgehead atoms. The molecule has 0 radical (unpaired) electrons. The van der Waals surface area contributed by atoms with E-state index in [1.54, 1.807) is 0 Å². The topological polar surface area (TPSA) is 40.5 Å². The molecule has 1 amide bonds. The van der Waals surface area contributed by atoms with Crippen LogP contribution in [0.4, 0.5) is 10.5 Å². The van der Waals surface area contributed by atoms with Crippen molar-refractivity contribution in [2.75, 3.05) is 4.90 Å². The lowest BCUT2D eigenvalue weighted by Gasteiger charge is -2.26. The van der Waals surface area contributed by atoms with Crippen molar-refractivity contribution in [2.24, 2.45) is 0 Å². The van der Waals surface area contributed by atoms with Gasteiger partial charge in [-0.15, -0.1) is 0 Å². The van der Waals surface area contributed by atoms with E-state index in [-0.39, 0.29) is 6.04 Å². The Kier molecular flexibility index (Phi) is 4.16. The molecule has 94 valence electrons. The van der Waals surface area contributed by atoms with Crippen LogP contribution in [0.3, 0.4) is 0 Å². The molecule has 0 atom stereocenters. The highest BCUT2D eigenvalue weighted by Crippen LogP contribution is 2.27. The first-order chi connectivity index (χ1) is 7.84. The van der Waals surface area contributed by atoms with Crippen LogP contribution in [0, 0.1) is 6.92 Å². The van der Waals surface area contributed by atoms with Gasteiger partial charge in [-0.3, -0.25) is 4.90 Å². The maximum Gasteiger partial charge on any atom is 0.412 e. The van der Waals surface area contributed by atoms with Crippen LogP contribution in [0.1, 0.15) is 44.7 Å². The first kappa shape index (κ1) is 13.6. The first-order valence-electron chi connectivity index (χ1n) is 5.97. The lowest BCUT2D eigenvalue weighted by Crippen LogP contribution is -2.36. The molecular formula is C14H21NO2. The quantitative estimate of drug-likeness (QED) is 0.859. The van der Waals surface area contributed by atoms with Gasteiger partial charge in [-0.1, -0.05) is 26.0 Å². The normalized spacial score (nSPS) is 11.0. The number of anilines is 1. The SMILES string of the molecule is Cc1ccc(C(C)C)cc1N(C(=O)O)C(C)C. The summed E-state index contributed by atoms with van der Waals surface area (Å²) in [6, 6.07) is 5.97. The number of benzene rings is 1. The summed E-state index contributed by atoms with van der Waals surface area (Å²) >= 11 is 0. The third-order valence-corrected chi connectivity index (χ3v) is 2.88. The standard InChI is InChI=1S/C14H21NO2/c1-9(2)12-7-6-11(5)13(8-12)15(10(3)4)14(16)17/h6-10H,1-5H3,(H,16,17). The van der Waals surface area contributed by atoms with E-state index in [2.05, 4.69) is 19.9 Å². The molecular weight excluding hydrogens is 214 g/mol. The largest absolute Gasteiger partial charge is 0.465 e. The summed E-state index contributed by atoms with van der Waals surface area (Å²) in [7, 11) is 0. The molecule has 0 saturated heterocycles. The van der Waals surface area contributed by atoms with Crippen LogP contribution in [0.15, 0.2) is 18.2 Å². The van der Waals surface area contributed by atoms with Gasteiger partial charge in [-0.2, -0.15) is 0 Å². The van der Waals surface area contributed by atoms with Crippen molar-refractivity contribution in [1.29, 1.82) is 0 Å². The molecule has 1 aromatic rings. The Morgan fingerprint density at radius 1 is 1.24 bits per heavy atom. The van der Waals surface area contributed by atoms with Crippen molar-refractivity contribution in [3.8, 4) is 0 Å². The number of carboxylic acid groups (broad SMARTS) is 1. The summed E-state index contributed by atoms with van der Waals surface area (Å²) in [6.45, 7) is 9.92. The highest BCUT2D eigenvalue weighted by molar-refractivity contribution is 5.87. The van der Waals surface area contributed by atoms with Crippen LogP contribution in [0.2, 0.25) is 0 Å². The van der Waals surface area contributed by atoms with Crippen molar-refractivity contribution in [3.05, 3.63) is 29.3 Å². The van der Waals surface area contributed by atoms with Crippen molar-refractivity contribution in [2.45, 2.75) is 46.6 Å². The average Bonchev–Trinajstić information content (AvgIpc) is 2.19. The number of hydrogen-bond acceptors (Lipinski definition) is 1. The molecule has 1 aromatic carbocycles. The molecule has 0 aliphatic heterocycles. The fourth-order valence-electron chi connectivity index (χ4n) is 1.85. The van der Waals surface area contributed by atoms with Crippen molar-refractivity contribution in [1.82, 2.24) is 0 Å². The van der Waals surface area contributed by atoms with Crippen molar-refractivity contribution in [3.63, 3.8) is 0 Å². The van der Waals surface area contributed by atoms with Gasteiger partial charge in [-0.05, 0) is 43.9 Å². The molecule has 0 saturated carbocycles. The first-order valence-corrected chi connectivity index (χ1v) is 5.97. The predicted molar refractivity (Wildman–Crippen MR) is 70.9 cm³/mol. The summed E-state index contributed by atoms with van der Waals surface area (Å²) < 4.78 is 0. The van der Waals surface area contributed by atoms with E-state index in [9.17, 15) is 9.90 Å². The molecule has 17 heavy (non-hydrogen) atoms. The Morgan fingerprint density at radius 3 is 2.24 bits per heavy atom. The van der Waals surface area contributed by atoms with Crippen LogP contribution < -0.4 is 4.90 Å². The van der Waals surface area contributed by atoms with E-state index in [1.165, 1.54) is 4.90 Å². The molecule has 1 rings (SSSR count). The van der Waals surface area contributed by atoms with E-state index in [0.29, 0.717) is 5.92 Å². The van der Waals surface area contributed by atoms with Gasteiger partial charge in [0, 0.05) is 6.04 Å². The van der Waals surface area contributed by atoms with Crippen LogP contribution in [0.25, 0.3) is 0 Å². The van der Waals surface area contributed by atoms with E-state index < -0.39 is 6.09 Å². The summed E-state index contributed by atoms with van der Waals surface area (Å²) in [5.41, 5.74) is 2.95. The van der Waals surface area contributed by atoms with Gasteiger partial charge < -0.3 is 5.11 Å². The number of hydrogen-bond donors (Lipinski definition) is 1. The van der Waals surface area contributed by atoms with Crippen molar-refractivity contribution < 1.29 is 9.90 Å². The zero-order chi connectivity index (χ0) is 13.2. The predicted octanol–water partition coefficient (Wildman–Crippen LogP) is 4.01. The van der Waals surface area contributed by atoms with Gasteiger partial charge in [0.1, 0.15) is 0 Å². The maximum atomic E-state index is 11.3. The Balaban J connectivity index is 3.27. The molecule has 0 aliphatic carbocycles. The number of nitrogens with zero attached hydrogens (tertiary/aromatic N) is 1. The second-order valence-corrected chi connectivity index (χ2v) is 4.95. The molecule has 0 heterocycles. The molecule has 0 aliphatic rings. The molecule has 0 aromatic heterocycles. The smallest absolute Gasteiger partial charge is 0.412 e. The van der Waals surface area contributed by atoms with Gasteiger partial charge >= 0.3 is 6.09 Å². The van der Waals surface area contributed by atoms with E-state index in [0.717, 1.165) is 16.8 Å². The van der Waals surface area contributed by atoms with Crippen LogP contribution >= 0.6 is 0 Å². The lowest BCUT2D eigenvalue weighted by atomic mass is 10.00. The third-order valence-electron chi connectivity index (χ3n) is 2.88. The highest BCUT2D eigenvalue weighted by atomic mass is 16.4. The highest BCUT2D eigenvalue weighted by Gasteiger charge is 2.20. The fourth-order valence-corrected chi connectivity index (χ4v) is 1.85. The minimum absolute atomic E-state index is 0.0615. The molecule has 3 nitrogen and oxygen atoms in total. The van der Waals surface area contributed by atoms with Crippen LogP contribution in [0.5, 0.6) is 0 Å². The number of aryl methyl sites for hydroxylation is 1. The van der Waals surface area contributed by atoms with Gasteiger partial charge in [0.05, 0.1) is 5.69 Å². The Morgan fingerprint density at radius 2 is 1.82 bits per heavy atom. The summed E-state index contributed by atoms with van der Waals surface area (Å²) in [6.07, 6.45) is -0.899. The number of amides is 1. The number of rotatable bonds is 3. The molecule has 1 N–H and O–H groups in total. The molecule has 3 heteroatoms. The Labute approximate surface area is 103 Å². The minimum atomic E-state index is -0.899. The van der Waals surface area contributed by atoms with Gasteiger partial charge in [0.25, 0.3) is 0 Å². The molecule has 0 spiro atoms. The van der Waals surface area contributed by atoms with Gasteiger partial charge in [-0.25, -0.2) is 4.79 Å². The maximum absolute atomic E-state index is 11.3. The summed E-state index contributed by atoms with van der Waals surface area (Å²) in [4.78, 5) is 12.7. The Hall–Kier alpha value is -1.51. The van der Waals surface area contributed by atoms with E-state index >= 15 is 0 Å². The summed E-state index contributed by atoms with van der Waals surface area (Å²) in [5.74, 6) is 0.400. The summed E-state index contributed by atoms with van der Waals surface area (Å²) in [5, 5.41) is 9.28. The monoisotopic (exact) mass is 235 g/mol. The zero-order valence-corrected chi connectivity index (χ0v) is 11.2. The van der Waals surface area contributed by atoms with Gasteiger partial charge in [0.2, 0.25) is 0 Å². The molecule has 0 unspecified atom stereocenters. The number of carbonyl (C=O) groups is 1. The lowest BCUT2D eigenvalue weighted by molar-refractivity contribution is 0.200. The Bertz CT molecular complexity index is 411. The third kappa shape index (κ3) is 2.99. The second-order valence-electron chi connectivity index (χ2n) is 4.95. The molecule has 0 fully saturated rings. The fraction of sp³-hybridized carbons (Fsp3) is 0.500. The minimum Gasteiger partial charge on any atom is -0.465 e. The second kappa shape index (κ2) is 5.21.